The Bertz CT molecular complexity index is 859. The average Bonchev–Trinajstić information content (AvgIpc) is 3.22. The molecule has 344 valence electrons. The molecule has 0 saturated heterocycles. The van der Waals surface area contributed by atoms with Crippen LogP contribution in [0.3, 0.4) is 0 Å². The van der Waals surface area contributed by atoms with Gasteiger partial charge in [0.05, 0.1) is 0 Å². The third-order valence-electron chi connectivity index (χ3n) is 11.9. The molecule has 0 radical (unpaired) electrons. The Labute approximate surface area is 361 Å². The van der Waals surface area contributed by atoms with E-state index in [1.165, 1.54) is 199 Å². The molecule has 0 aliphatic rings. The van der Waals surface area contributed by atoms with Gasteiger partial charge in [-0.15, -0.1) is 0 Å². The van der Waals surface area contributed by atoms with E-state index < -0.39 is 6.10 Å². The highest BCUT2D eigenvalue weighted by Gasteiger charge is 2.19. The molecule has 6 heteroatoms. The summed E-state index contributed by atoms with van der Waals surface area (Å²) in [6.45, 7) is 6.66. The Kier molecular flexibility index (Phi) is 46.8. The van der Waals surface area contributed by atoms with Crippen LogP contribution in [0.5, 0.6) is 0 Å². The van der Waals surface area contributed by atoms with E-state index in [9.17, 15) is 14.4 Å². The van der Waals surface area contributed by atoms with Crippen molar-refractivity contribution < 1.29 is 28.6 Å². The van der Waals surface area contributed by atoms with E-state index in [0.29, 0.717) is 19.3 Å². The van der Waals surface area contributed by atoms with Gasteiger partial charge in [0.1, 0.15) is 13.2 Å². The Balaban J connectivity index is 4.22. The smallest absolute Gasteiger partial charge is 0.306 e. The van der Waals surface area contributed by atoms with Gasteiger partial charge in [-0.1, -0.05) is 258 Å². The van der Waals surface area contributed by atoms with E-state index in [0.717, 1.165) is 57.8 Å². The first kappa shape index (κ1) is 56.4. The number of ether oxygens (including phenoxy) is 3. The van der Waals surface area contributed by atoms with Crippen LogP contribution in [0.2, 0.25) is 0 Å². The van der Waals surface area contributed by atoms with Crippen molar-refractivity contribution in [1.29, 1.82) is 0 Å². The number of unbranched alkanes of at least 4 members (excludes halogenated alkanes) is 37. The second-order valence-electron chi connectivity index (χ2n) is 17.8. The summed E-state index contributed by atoms with van der Waals surface area (Å²) >= 11 is 0. The molecule has 0 aromatic heterocycles. The van der Waals surface area contributed by atoms with Crippen molar-refractivity contribution in [3.63, 3.8) is 0 Å². The highest BCUT2D eigenvalue weighted by Crippen LogP contribution is 2.17. The molecule has 0 fully saturated rings. The maximum absolute atomic E-state index is 12.7. The van der Waals surface area contributed by atoms with E-state index >= 15 is 0 Å². The number of esters is 3. The molecule has 0 aliphatic heterocycles. The van der Waals surface area contributed by atoms with Gasteiger partial charge in [-0.3, -0.25) is 14.4 Å². The second kappa shape index (κ2) is 48.1. The highest BCUT2D eigenvalue weighted by atomic mass is 16.6. The largest absolute Gasteiger partial charge is 0.462 e. The molecule has 0 unspecified atom stereocenters. The molecule has 0 amide bonds. The second-order valence-corrected chi connectivity index (χ2v) is 17.8. The zero-order valence-corrected chi connectivity index (χ0v) is 39.3. The van der Waals surface area contributed by atoms with Crippen molar-refractivity contribution in [1.82, 2.24) is 0 Å². The number of carbonyl (C=O) groups excluding carboxylic acids is 3. The number of rotatable bonds is 48. The van der Waals surface area contributed by atoms with Crippen LogP contribution in [-0.2, 0) is 28.6 Å². The van der Waals surface area contributed by atoms with Gasteiger partial charge in [0, 0.05) is 19.3 Å². The van der Waals surface area contributed by atoms with Gasteiger partial charge >= 0.3 is 17.9 Å². The van der Waals surface area contributed by atoms with E-state index in [1.807, 2.05) is 0 Å². The molecule has 0 aromatic rings. The minimum absolute atomic E-state index is 0.0621. The lowest BCUT2D eigenvalue weighted by molar-refractivity contribution is -0.167. The van der Waals surface area contributed by atoms with Crippen molar-refractivity contribution in [3.8, 4) is 0 Å². The van der Waals surface area contributed by atoms with Crippen molar-refractivity contribution in [2.75, 3.05) is 13.2 Å². The van der Waals surface area contributed by atoms with Crippen molar-refractivity contribution in [2.45, 2.75) is 303 Å². The maximum atomic E-state index is 12.7. The predicted molar refractivity (Wildman–Crippen MR) is 247 cm³/mol. The molecular weight excluding hydrogens is 721 g/mol. The molecule has 0 saturated carbocycles. The fraction of sp³-hybridized carbons (Fsp3) is 0.942. The van der Waals surface area contributed by atoms with Gasteiger partial charge in [0.25, 0.3) is 0 Å². The fourth-order valence-corrected chi connectivity index (χ4v) is 7.92. The first-order valence-electron chi connectivity index (χ1n) is 26.0. The third kappa shape index (κ3) is 45.5. The van der Waals surface area contributed by atoms with Gasteiger partial charge < -0.3 is 14.2 Å². The first-order chi connectivity index (χ1) is 28.5. The number of hydrogen-bond donors (Lipinski definition) is 0. The third-order valence-corrected chi connectivity index (χ3v) is 11.9. The summed E-state index contributed by atoms with van der Waals surface area (Å²) in [6, 6.07) is 0. The molecule has 58 heavy (non-hydrogen) atoms. The summed E-state index contributed by atoms with van der Waals surface area (Å²) in [6.07, 6.45) is 50.9. The van der Waals surface area contributed by atoms with E-state index in [-0.39, 0.29) is 31.1 Å². The van der Waals surface area contributed by atoms with Gasteiger partial charge in [0.15, 0.2) is 6.10 Å². The molecule has 0 N–H and O–H groups in total. The van der Waals surface area contributed by atoms with E-state index in [2.05, 4.69) is 20.8 Å². The topological polar surface area (TPSA) is 78.9 Å². The lowest BCUT2D eigenvalue weighted by Gasteiger charge is -2.18. The summed E-state index contributed by atoms with van der Waals surface area (Å²) in [5.74, 6) is -0.844. The fourth-order valence-electron chi connectivity index (χ4n) is 7.92. The lowest BCUT2D eigenvalue weighted by Crippen LogP contribution is -2.30. The van der Waals surface area contributed by atoms with Gasteiger partial charge in [0.2, 0.25) is 0 Å². The van der Waals surface area contributed by atoms with Gasteiger partial charge in [-0.2, -0.15) is 0 Å². The molecule has 0 aromatic carbocycles. The first-order valence-corrected chi connectivity index (χ1v) is 26.0. The molecule has 0 bridgehead atoms. The maximum Gasteiger partial charge on any atom is 0.306 e. The van der Waals surface area contributed by atoms with Crippen LogP contribution >= 0.6 is 0 Å². The minimum Gasteiger partial charge on any atom is -0.462 e. The normalized spacial score (nSPS) is 11.8. The zero-order valence-electron chi connectivity index (χ0n) is 39.3. The molecule has 0 rings (SSSR count). The van der Waals surface area contributed by atoms with Gasteiger partial charge in [-0.05, 0) is 19.3 Å². The quantitative estimate of drug-likeness (QED) is 0.0346. The van der Waals surface area contributed by atoms with Crippen LogP contribution in [0.25, 0.3) is 0 Å². The van der Waals surface area contributed by atoms with Crippen LogP contribution in [0.15, 0.2) is 0 Å². The van der Waals surface area contributed by atoms with Crippen LogP contribution in [0, 0.1) is 0 Å². The van der Waals surface area contributed by atoms with Crippen molar-refractivity contribution in [2.24, 2.45) is 0 Å². The summed E-state index contributed by atoms with van der Waals surface area (Å²) in [5, 5.41) is 0. The average molecular weight is 821 g/mol. The van der Waals surface area contributed by atoms with Crippen LogP contribution in [-0.4, -0.2) is 37.2 Å². The minimum atomic E-state index is -0.758. The molecule has 6 nitrogen and oxygen atoms in total. The highest BCUT2D eigenvalue weighted by molar-refractivity contribution is 5.71. The van der Waals surface area contributed by atoms with E-state index in [1.54, 1.807) is 0 Å². The Morgan fingerprint density at radius 2 is 0.466 bits per heavy atom. The van der Waals surface area contributed by atoms with Crippen molar-refractivity contribution >= 4 is 17.9 Å². The monoisotopic (exact) mass is 821 g/mol. The Morgan fingerprint density at radius 3 is 0.690 bits per heavy atom. The molecule has 1 atom stereocenters. The zero-order chi connectivity index (χ0) is 42.3. The Hall–Kier alpha value is -1.59. The van der Waals surface area contributed by atoms with Gasteiger partial charge in [-0.25, -0.2) is 0 Å². The van der Waals surface area contributed by atoms with Crippen LogP contribution < -0.4 is 0 Å². The number of carbonyl (C=O) groups is 3. The van der Waals surface area contributed by atoms with E-state index in [4.69, 9.17) is 14.2 Å². The molecular formula is C52H100O6. The van der Waals surface area contributed by atoms with Crippen molar-refractivity contribution in [3.05, 3.63) is 0 Å². The predicted octanol–water partition coefficient (Wildman–Crippen LogP) is 16.8. The van der Waals surface area contributed by atoms with Crippen LogP contribution in [0.4, 0.5) is 0 Å². The van der Waals surface area contributed by atoms with Crippen LogP contribution in [0.1, 0.15) is 297 Å². The summed E-state index contributed by atoms with van der Waals surface area (Å²) in [5.41, 5.74) is 0. The summed E-state index contributed by atoms with van der Waals surface area (Å²) < 4.78 is 16.8. The molecule has 0 spiro atoms. The Morgan fingerprint density at radius 1 is 0.276 bits per heavy atom. The number of hydrogen-bond acceptors (Lipinski definition) is 6. The summed E-state index contributed by atoms with van der Waals surface area (Å²) in [7, 11) is 0. The molecule has 0 heterocycles. The standard InChI is InChI=1S/C52H100O6/c1-4-7-10-13-16-19-21-23-25-26-27-29-31-34-36-39-42-45-51(54)57-48-49(58-52(55)46-43-40-37-32-18-15-12-9-6-3)47-56-50(53)44-41-38-35-33-30-28-24-22-20-17-14-11-8-5-2/h49H,4-48H2,1-3H3/t49-/m0/s1. The lowest BCUT2D eigenvalue weighted by atomic mass is 10.0. The summed E-state index contributed by atoms with van der Waals surface area (Å²) in [4.78, 5) is 37.8. The molecule has 0 aliphatic carbocycles. The SMILES string of the molecule is CCCCCCCCCCCCCCCCCCCC(=O)OC[C@H](COC(=O)CCCCCCCCCCCCCCCC)OC(=O)CCCCCCCCCCC.